The van der Waals surface area contributed by atoms with E-state index in [1.54, 1.807) is 0 Å². The maximum Gasteiger partial charge on any atom is 0.255 e. The lowest BCUT2D eigenvalue weighted by atomic mass is 9.94. The first-order valence-electron chi connectivity index (χ1n) is 9.98. The molecule has 0 spiro atoms. The van der Waals surface area contributed by atoms with Crippen LogP contribution in [0.4, 0.5) is 5.69 Å². The molecule has 3 rings (SSSR count). The first-order chi connectivity index (χ1) is 14.5. The van der Waals surface area contributed by atoms with Crippen molar-refractivity contribution in [2.24, 2.45) is 11.8 Å². The molecule has 0 saturated carbocycles. The number of amides is 1. The van der Waals surface area contributed by atoms with Gasteiger partial charge in [-0.2, -0.15) is 4.31 Å². The number of nitrogens with zero attached hydrogens (tertiary/aromatic N) is 1. The average Bonchev–Trinajstić information content (AvgIpc) is 2.73. The van der Waals surface area contributed by atoms with Crippen molar-refractivity contribution in [3.63, 3.8) is 0 Å². The first-order valence-corrected chi connectivity index (χ1v) is 12.9. The van der Waals surface area contributed by atoms with E-state index in [9.17, 15) is 21.6 Å². The molecule has 0 radical (unpaired) electrons. The first kappa shape index (κ1) is 23.4. The maximum absolute atomic E-state index is 13.0. The summed E-state index contributed by atoms with van der Waals surface area (Å²) in [6.07, 6.45) is 1.01. The number of carbonyl (C=O) groups is 1. The van der Waals surface area contributed by atoms with E-state index in [-0.39, 0.29) is 9.79 Å². The zero-order chi connectivity index (χ0) is 22.8. The van der Waals surface area contributed by atoms with Gasteiger partial charge < -0.3 is 5.32 Å². The second-order valence-electron chi connectivity index (χ2n) is 7.98. The van der Waals surface area contributed by atoms with Gasteiger partial charge in [-0.1, -0.05) is 13.8 Å². The Hall–Kier alpha value is -2.27. The third-order valence-corrected chi connectivity index (χ3v) is 8.56. The monoisotopic (exact) mass is 465 g/mol. The Labute approximate surface area is 183 Å². The number of hydrogen-bond donors (Lipinski definition) is 2. The minimum absolute atomic E-state index is 0.0870. The fraction of sp³-hybridized carbons (Fsp3) is 0.381. The zero-order valence-electron chi connectivity index (χ0n) is 17.7. The summed E-state index contributed by atoms with van der Waals surface area (Å²) in [5.41, 5.74) is 0.722. The van der Waals surface area contributed by atoms with Gasteiger partial charge >= 0.3 is 0 Å². The van der Waals surface area contributed by atoms with E-state index in [0.717, 1.165) is 6.42 Å². The van der Waals surface area contributed by atoms with Crippen LogP contribution in [0.25, 0.3) is 0 Å². The van der Waals surface area contributed by atoms with Crippen LogP contribution in [-0.2, 0) is 20.0 Å². The number of carbonyl (C=O) groups excluding carboxylic acids is 1. The molecule has 8 nitrogen and oxygen atoms in total. The van der Waals surface area contributed by atoms with Crippen LogP contribution < -0.4 is 10.0 Å². The predicted molar refractivity (Wildman–Crippen MR) is 119 cm³/mol. The van der Waals surface area contributed by atoms with E-state index < -0.39 is 26.0 Å². The van der Waals surface area contributed by atoms with E-state index in [4.69, 9.17) is 0 Å². The van der Waals surface area contributed by atoms with E-state index in [2.05, 4.69) is 10.0 Å². The highest BCUT2D eigenvalue weighted by Crippen LogP contribution is 2.27. The van der Waals surface area contributed by atoms with Gasteiger partial charge in [0.05, 0.1) is 9.79 Å². The van der Waals surface area contributed by atoms with Gasteiger partial charge in [-0.3, -0.25) is 4.79 Å². The summed E-state index contributed by atoms with van der Waals surface area (Å²) in [6.45, 7) is 5.08. The van der Waals surface area contributed by atoms with Crippen LogP contribution in [0.3, 0.4) is 0 Å². The molecule has 2 unspecified atom stereocenters. The van der Waals surface area contributed by atoms with Crippen LogP contribution in [0.15, 0.2) is 58.3 Å². The van der Waals surface area contributed by atoms with Crippen LogP contribution >= 0.6 is 0 Å². The Bertz CT molecular complexity index is 1130. The fourth-order valence-electron chi connectivity index (χ4n) is 3.77. The van der Waals surface area contributed by atoms with E-state index in [1.165, 1.54) is 59.9 Å². The van der Waals surface area contributed by atoms with Gasteiger partial charge in [0.25, 0.3) is 5.91 Å². The summed E-state index contributed by atoms with van der Waals surface area (Å²) in [6, 6.07) is 11.6. The molecule has 2 atom stereocenters. The second-order valence-corrected chi connectivity index (χ2v) is 11.8. The summed E-state index contributed by atoms with van der Waals surface area (Å²) < 4.78 is 53.2. The molecular weight excluding hydrogens is 438 g/mol. The highest BCUT2D eigenvalue weighted by atomic mass is 32.2. The number of anilines is 1. The van der Waals surface area contributed by atoms with Crippen molar-refractivity contribution >= 4 is 31.6 Å². The molecular formula is C21H27N3O5S2. The molecule has 2 N–H and O–H groups in total. The lowest BCUT2D eigenvalue weighted by Gasteiger charge is -2.34. The lowest BCUT2D eigenvalue weighted by Crippen LogP contribution is -2.42. The molecule has 1 amide bonds. The Morgan fingerprint density at radius 2 is 1.39 bits per heavy atom. The maximum atomic E-state index is 13.0. The van der Waals surface area contributed by atoms with Crippen molar-refractivity contribution in [2.75, 3.05) is 25.5 Å². The normalized spacial score (nSPS) is 20.4. The van der Waals surface area contributed by atoms with Gasteiger partial charge in [-0.05, 0) is 73.8 Å². The molecule has 2 aromatic rings. The minimum atomic E-state index is -3.61. The highest BCUT2D eigenvalue weighted by Gasteiger charge is 2.31. The molecule has 2 aromatic carbocycles. The fourth-order valence-corrected chi connectivity index (χ4v) is 6.18. The molecule has 0 bridgehead atoms. The van der Waals surface area contributed by atoms with Gasteiger partial charge in [0, 0.05) is 24.3 Å². The van der Waals surface area contributed by atoms with Gasteiger partial charge in [0.2, 0.25) is 20.0 Å². The van der Waals surface area contributed by atoms with Crippen LogP contribution in [0.2, 0.25) is 0 Å². The van der Waals surface area contributed by atoms with E-state index >= 15 is 0 Å². The molecule has 0 aromatic heterocycles. The Morgan fingerprint density at radius 1 is 0.871 bits per heavy atom. The van der Waals surface area contributed by atoms with Crippen molar-refractivity contribution in [3.05, 3.63) is 54.1 Å². The minimum Gasteiger partial charge on any atom is -0.322 e. The van der Waals surface area contributed by atoms with Crippen molar-refractivity contribution < 1.29 is 21.6 Å². The van der Waals surface area contributed by atoms with E-state index in [1.807, 2.05) is 13.8 Å². The number of nitrogens with one attached hydrogen (secondary N) is 2. The third-order valence-electron chi connectivity index (χ3n) is 5.28. The molecule has 10 heteroatoms. The second kappa shape index (κ2) is 9.07. The highest BCUT2D eigenvalue weighted by molar-refractivity contribution is 7.89. The molecule has 1 heterocycles. The Balaban J connectivity index is 1.71. The standard InChI is InChI=1S/C21H27N3O5S2/c1-15-12-16(2)14-24(13-15)31(28,29)20-8-4-17(5-9-20)21(25)23-18-6-10-19(11-7-18)30(26,27)22-3/h4-11,15-16,22H,12-14H2,1-3H3,(H,23,25). The topological polar surface area (TPSA) is 113 Å². The molecule has 1 saturated heterocycles. The summed E-state index contributed by atoms with van der Waals surface area (Å²) in [4.78, 5) is 12.7. The molecule has 0 aliphatic carbocycles. The zero-order valence-corrected chi connectivity index (χ0v) is 19.3. The third kappa shape index (κ3) is 5.32. The summed E-state index contributed by atoms with van der Waals surface area (Å²) in [5, 5.41) is 2.67. The summed E-state index contributed by atoms with van der Waals surface area (Å²) in [5.74, 6) is 0.185. The van der Waals surface area contributed by atoms with Gasteiger partial charge in [-0.15, -0.1) is 0 Å². The van der Waals surface area contributed by atoms with Crippen molar-refractivity contribution in [2.45, 2.75) is 30.1 Å². The average molecular weight is 466 g/mol. The molecule has 1 aliphatic heterocycles. The predicted octanol–water partition coefficient (Wildman–Crippen LogP) is 2.51. The van der Waals surface area contributed by atoms with Gasteiger partial charge in [-0.25, -0.2) is 21.6 Å². The van der Waals surface area contributed by atoms with Gasteiger partial charge in [0.15, 0.2) is 0 Å². The Kier molecular flexibility index (Phi) is 6.85. The largest absolute Gasteiger partial charge is 0.322 e. The number of sulfonamides is 2. The number of rotatable bonds is 6. The number of hydrogen-bond acceptors (Lipinski definition) is 5. The van der Waals surface area contributed by atoms with Crippen LogP contribution in [-0.4, -0.2) is 47.2 Å². The Morgan fingerprint density at radius 3 is 1.90 bits per heavy atom. The van der Waals surface area contributed by atoms with Crippen LogP contribution in [0, 0.1) is 11.8 Å². The van der Waals surface area contributed by atoms with E-state index in [0.29, 0.717) is 36.2 Å². The SMILES string of the molecule is CNS(=O)(=O)c1ccc(NC(=O)c2ccc(S(=O)(=O)N3CC(C)CC(C)C3)cc2)cc1. The van der Waals surface area contributed by atoms with Crippen molar-refractivity contribution in [1.82, 2.24) is 9.03 Å². The quantitative estimate of drug-likeness (QED) is 0.681. The van der Waals surface area contributed by atoms with Crippen molar-refractivity contribution in [1.29, 1.82) is 0 Å². The summed E-state index contributed by atoms with van der Waals surface area (Å²) >= 11 is 0. The molecule has 31 heavy (non-hydrogen) atoms. The smallest absolute Gasteiger partial charge is 0.255 e. The van der Waals surface area contributed by atoms with Gasteiger partial charge in [0.1, 0.15) is 0 Å². The molecule has 1 aliphatic rings. The van der Waals surface area contributed by atoms with Crippen LogP contribution in [0.1, 0.15) is 30.6 Å². The number of benzene rings is 2. The number of piperidine rings is 1. The molecule has 1 fully saturated rings. The molecule has 168 valence electrons. The van der Waals surface area contributed by atoms with Crippen molar-refractivity contribution in [3.8, 4) is 0 Å². The van der Waals surface area contributed by atoms with Crippen LogP contribution in [0.5, 0.6) is 0 Å². The summed E-state index contributed by atoms with van der Waals surface area (Å²) in [7, 11) is -5.85. The lowest BCUT2D eigenvalue weighted by molar-refractivity contribution is 0.102.